The van der Waals surface area contributed by atoms with Gasteiger partial charge in [-0.25, -0.2) is 0 Å². The molecule has 1 aromatic heterocycles. The highest BCUT2D eigenvalue weighted by Gasteiger charge is 2.40. The molecule has 0 spiro atoms. The topological polar surface area (TPSA) is 94.4 Å². The molecule has 5 rings (SSSR count). The van der Waals surface area contributed by atoms with Crippen LogP contribution in [-0.2, 0) is 27.5 Å². The Labute approximate surface area is 184 Å². The average Bonchev–Trinajstić information content (AvgIpc) is 3.27. The van der Waals surface area contributed by atoms with Crippen LogP contribution in [0.2, 0.25) is 0 Å². The van der Waals surface area contributed by atoms with Gasteiger partial charge < -0.3 is 9.64 Å². The molecule has 0 bridgehead atoms. The van der Waals surface area contributed by atoms with Gasteiger partial charge in [0.05, 0.1) is 17.2 Å². The van der Waals surface area contributed by atoms with E-state index in [2.05, 4.69) is 10.3 Å². The average molecular weight is 432 g/mol. The summed E-state index contributed by atoms with van der Waals surface area (Å²) in [5.74, 6) is -1.41. The fraction of sp³-hybridized carbons (Fsp3) is 0.375. The predicted octanol–water partition coefficient (Wildman–Crippen LogP) is 2.69. The number of nitrogens with zero attached hydrogens (tertiary/aromatic N) is 4. The number of carbonyl (C=O) groups is 2. The van der Waals surface area contributed by atoms with Crippen molar-refractivity contribution in [2.24, 2.45) is 11.8 Å². The van der Waals surface area contributed by atoms with Crippen molar-refractivity contribution in [3.63, 3.8) is 0 Å². The molecule has 1 fully saturated rings. The van der Waals surface area contributed by atoms with Crippen molar-refractivity contribution in [3.8, 4) is 0 Å². The lowest BCUT2D eigenvalue weighted by Gasteiger charge is -2.32. The van der Waals surface area contributed by atoms with E-state index in [9.17, 15) is 14.4 Å². The zero-order valence-corrected chi connectivity index (χ0v) is 17.6. The molecule has 164 valence electrons. The van der Waals surface area contributed by atoms with E-state index in [1.54, 1.807) is 24.3 Å². The Hall–Kier alpha value is -3.55. The molecule has 0 unspecified atom stereocenters. The third-order valence-corrected chi connectivity index (χ3v) is 6.50. The van der Waals surface area contributed by atoms with Crippen molar-refractivity contribution in [1.29, 1.82) is 0 Å². The number of fused-ring (bicyclic) bond motifs is 2. The lowest BCUT2D eigenvalue weighted by atomic mass is 9.78. The molecular formula is C24H24N4O4. The second kappa shape index (κ2) is 8.53. The summed E-state index contributed by atoms with van der Waals surface area (Å²) < 4.78 is 6.50. The SMILES string of the molecule is O=C(OCn1nnc2ccccc2c1=O)[C@@H]1CCCC[C@H]1C(=O)N1CCc2ccccc21. The van der Waals surface area contributed by atoms with Crippen molar-refractivity contribution in [2.75, 3.05) is 11.4 Å². The molecule has 8 heteroatoms. The van der Waals surface area contributed by atoms with Crippen molar-refractivity contribution in [2.45, 2.75) is 38.8 Å². The number of ether oxygens (including phenoxy) is 1. The molecule has 8 nitrogen and oxygen atoms in total. The van der Waals surface area contributed by atoms with Crippen LogP contribution in [0.15, 0.2) is 53.3 Å². The van der Waals surface area contributed by atoms with Gasteiger partial charge in [-0.15, -0.1) is 5.10 Å². The largest absolute Gasteiger partial charge is 0.442 e. The molecule has 2 aliphatic rings. The zero-order chi connectivity index (χ0) is 22.1. The van der Waals surface area contributed by atoms with E-state index in [1.165, 1.54) is 0 Å². The number of anilines is 1. The van der Waals surface area contributed by atoms with Gasteiger partial charge >= 0.3 is 5.97 Å². The number of rotatable bonds is 4. The number of esters is 1. The second-order valence-electron chi connectivity index (χ2n) is 8.37. The molecule has 0 radical (unpaired) electrons. The monoisotopic (exact) mass is 432 g/mol. The van der Waals surface area contributed by atoms with Gasteiger partial charge in [0.15, 0.2) is 6.73 Å². The summed E-state index contributed by atoms with van der Waals surface area (Å²) in [7, 11) is 0. The first kappa shape index (κ1) is 20.4. The van der Waals surface area contributed by atoms with E-state index < -0.39 is 17.8 Å². The summed E-state index contributed by atoms with van der Waals surface area (Å²) in [6, 6.07) is 14.8. The number of benzene rings is 2. The zero-order valence-electron chi connectivity index (χ0n) is 17.6. The van der Waals surface area contributed by atoms with Crippen LogP contribution < -0.4 is 10.5 Å². The van der Waals surface area contributed by atoms with Crippen molar-refractivity contribution in [3.05, 3.63) is 64.4 Å². The highest BCUT2D eigenvalue weighted by atomic mass is 16.5. The van der Waals surface area contributed by atoms with Crippen molar-refractivity contribution in [1.82, 2.24) is 15.0 Å². The van der Waals surface area contributed by atoms with Gasteiger partial charge in [-0.1, -0.05) is 48.4 Å². The second-order valence-corrected chi connectivity index (χ2v) is 8.37. The van der Waals surface area contributed by atoms with Gasteiger partial charge in [-0.3, -0.25) is 14.4 Å². The number of hydrogen-bond donors (Lipinski definition) is 0. The van der Waals surface area contributed by atoms with E-state index in [0.29, 0.717) is 30.3 Å². The summed E-state index contributed by atoms with van der Waals surface area (Å²) >= 11 is 0. The lowest BCUT2D eigenvalue weighted by Crippen LogP contribution is -2.42. The Balaban J connectivity index is 1.31. The Bertz CT molecular complexity index is 1240. The molecule has 2 atom stereocenters. The van der Waals surface area contributed by atoms with E-state index in [4.69, 9.17) is 4.74 Å². The Morgan fingerprint density at radius 2 is 1.75 bits per heavy atom. The van der Waals surface area contributed by atoms with Crippen LogP contribution in [-0.4, -0.2) is 33.4 Å². The summed E-state index contributed by atoms with van der Waals surface area (Å²) in [6.45, 7) is 0.317. The minimum Gasteiger partial charge on any atom is -0.442 e. The van der Waals surface area contributed by atoms with E-state index in [0.717, 1.165) is 35.2 Å². The number of amides is 1. The van der Waals surface area contributed by atoms with Crippen molar-refractivity contribution >= 4 is 28.5 Å². The van der Waals surface area contributed by atoms with Crippen LogP contribution in [0.25, 0.3) is 10.9 Å². The van der Waals surface area contributed by atoms with Gasteiger partial charge in [0.25, 0.3) is 5.56 Å². The highest BCUT2D eigenvalue weighted by molar-refractivity contribution is 5.99. The van der Waals surface area contributed by atoms with Crippen LogP contribution in [0, 0.1) is 11.8 Å². The third kappa shape index (κ3) is 3.66. The first-order valence-corrected chi connectivity index (χ1v) is 11.0. The number of carbonyl (C=O) groups excluding carboxylic acids is 2. The highest BCUT2D eigenvalue weighted by Crippen LogP contribution is 2.36. The number of aromatic nitrogens is 3. The van der Waals surface area contributed by atoms with E-state index in [-0.39, 0.29) is 18.2 Å². The first-order valence-electron chi connectivity index (χ1n) is 11.0. The van der Waals surface area contributed by atoms with Crippen LogP contribution >= 0.6 is 0 Å². The molecule has 2 aromatic carbocycles. The molecular weight excluding hydrogens is 408 g/mol. The Morgan fingerprint density at radius 1 is 1.00 bits per heavy atom. The van der Waals surface area contributed by atoms with Crippen LogP contribution in [0.3, 0.4) is 0 Å². The Kier molecular flexibility index (Phi) is 5.43. The molecule has 3 aromatic rings. The minimum absolute atomic E-state index is 0.0146. The van der Waals surface area contributed by atoms with Gasteiger partial charge in [0.1, 0.15) is 5.52 Å². The standard InChI is InChI=1S/C24H24N4O4/c29-22(27-14-13-16-7-1-6-12-21(16)27)17-8-2-3-9-18(17)24(31)32-15-28-23(30)19-10-4-5-11-20(19)25-26-28/h1,4-7,10-12,17-18H,2-3,8-9,13-15H2/t17-,18-/m1/s1. The maximum atomic E-state index is 13.4. The maximum absolute atomic E-state index is 13.4. The summed E-state index contributed by atoms with van der Waals surface area (Å²) in [5.41, 5.74) is 2.22. The van der Waals surface area contributed by atoms with Gasteiger partial charge in [-0.2, -0.15) is 4.68 Å². The number of hydrogen-bond acceptors (Lipinski definition) is 6. The molecule has 32 heavy (non-hydrogen) atoms. The van der Waals surface area contributed by atoms with Crippen LogP contribution in [0.5, 0.6) is 0 Å². The predicted molar refractivity (Wildman–Crippen MR) is 118 cm³/mol. The normalized spacial score (nSPS) is 20.2. The van der Waals surface area contributed by atoms with Crippen LogP contribution in [0.1, 0.15) is 31.2 Å². The summed E-state index contributed by atoms with van der Waals surface area (Å²) in [5, 5.41) is 8.29. The van der Waals surface area contributed by atoms with Crippen LogP contribution in [0.4, 0.5) is 5.69 Å². The molecule has 1 aliphatic heterocycles. The summed E-state index contributed by atoms with van der Waals surface area (Å²) in [4.78, 5) is 40.8. The lowest BCUT2D eigenvalue weighted by molar-refractivity contribution is -0.158. The van der Waals surface area contributed by atoms with Gasteiger partial charge in [0.2, 0.25) is 5.91 Å². The van der Waals surface area contributed by atoms with E-state index in [1.807, 2.05) is 29.2 Å². The van der Waals surface area contributed by atoms with Gasteiger partial charge in [-0.05, 0) is 43.0 Å². The molecule has 0 saturated heterocycles. The van der Waals surface area contributed by atoms with E-state index >= 15 is 0 Å². The molecule has 2 heterocycles. The van der Waals surface area contributed by atoms with Crippen molar-refractivity contribution < 1.29 is 14.3 Å². The maximum Gasteiger partial charge on any atom is 0.311 e. The number of para-hydroxylation sites is 1. The molecule has 1 amide bonds. The fourth-order valence-electron chi connectivity index (χ4n) is 4.82. The molecule has 1 saturated carbocycles. The van der Waals surface area contributed by atoms with Gasteiger partial charge in [0, 0.05) is 12.2 Å². The quantitative estimate of drug-likeness (QED) is 0.589. The minimum atomic E-state index is -0.520. The smallest absolute Gasteiger partial charge is 0.311 e. The first-order chi connectivity index (χ1) is 15.6. The fourth-order valence-corrected chi connectivity index (χ4v) is 4.82. The molecule has 1 aliphatic carbocycles. The Morgan fingerprint density at radius 3 is 2.62 bits per heavy atom. The molecule has 0 N–H and O–H groups in total. The summed E-state index contributed by atoms with van der Waals surface area (Å²) in [6.07, 6.45) is 3.87. The third-order valence-electron chi connectivity index (χ3n) is 6.50.